The minimum absolute atomic E-state index is 0.00926. The lowest BCUT2D eigenvalue weighted by atomic mass is 10.1. The van der Waals surface area contributed by atoms with E-state index < -0.39 is 65.7 Å². The molecular weight excluding hydrogens is 550 g/mol. The summed E-state index contributed by atoms with van der Waals surface area (Å²) in [5, 5.41) is 2.43. The number of esters is 1. The molecule has 3 aliphatic rings. The summed E-state index contributed by atoms with van der Waals surface area (Å²) in [6.07, 6.45) is 1.57. The average Bonchev–Trinajstić information content (AvgIpc) is 3.54. The third-order valence-electron chi connectivity index (χ3n) is 7.25. The first-order valence-corrected chi connectivity index (χ1v) is 12.7. The maximum atomic E-state index is 14.1. The summed E-state index contributed by atoms with van der Waals surface area (Å²) in [5.74, 6) is -4.40. The summed E-state index contributed by atoms with van der Waals surface area (Å²) in [5.41, 5.74) is -1.51. The number of hydrogen-bond acceptors (Lipinski definition) is 10. The second kappa shape index (κ2) is 11.5. The Morgan fingerprint density at radius 2 is 1.93 bits per heavy atom. The number of pyridine rings is 1. The molecule has 2 amide bonds. The molecule has 4 heterocycles. The summed E-state index contributed by atoms with van der Waals surface area (Å²) in [7, 11) is 1.10. The highest BCUT2D eigenvalue weighted by atomic mass is 19.1. The molecule has 0 spiro atoms. The zero-order valence-electron chi connectivity index (χ0n) is 21.9. The Morgan fingerprint density at radius 1 is 1.12 bits per heavy atom. The SMILES string of the molecule is COC(=O)COC(=O)OCOc1c2n(cc(C(=O)NCc3ccc(F)cc3F)c1=O)CC1N(CC3CCCN31)C2=O. The first kappa shape index (κ1) is 28.0. The number of halogens is 2. The third kappa shape index (κ3) is 5.57. The fourth-order valence-corrected chi connectivity index (χ4v) is 5.30. The van der Waals surface area contributed by atoms with Crippen LogP contribution in [-0.4, -0.2) is 84.1 Å². The summed E-state index contributed by atoms with van der Waals surface area (Å²) in [6, 6.07) is 3.04. The van der Waals surface area contributed by atoms with Crippen molar-refractivity contribution in [2.75, 3.05) is 33.6 Å². The normalized spacial score (nSPS) is 19.2. The van der Waals surface area contributed by atoms with Gasteiger partial charge in [-0.1, -0.05) is 6.07 Å². The molecule has 41 heavy (non-hydrogen) atoms. The molecule has 2 atom stereocenters. The van der Waals surface area contributed by atoms with Gasteiger partial charge in [0.05, 0.1) is 13.7 Å². The Labute approximate surface area is 231 Å². The van der Waals surface area contributed by atoms with Crippen LogP contribution in [0.25, 0.3) is 0 Å². The predicted octanol–water partition coefficient (Wildman–Crippen LogP) is 0.979. The molecule has 0 aliphatic carbocycles. The molecule has 15 heteroatoms. The fraction of sp³-hybridized carbons (Fsp3) is 0.423. The molecule has 5 rings (SSSR count). The van der Waals surface area contributed by atoms with Gasteiger partial charge < -0.3 is 33.7 Å². The van der Waals surface area contributed by atoms with Crippen molar-refractivity contribution in [3.8, 4) is 5.75 Å². The minimum atomic E-state index is -1.30. The topological polar surface area (TPSA) is 146 Å². The van der Waals surface area contributed by atoms with E-state index in [0.717, 1.165) is 38.6 Å². The molecule has 2 unspecified atom stereocenters. The highest BCUT2D eigenvalue weighted by Gasteiger charge is 2.48. The number of carbonyl (C=O) groups excluding carboxylic acids is 4. The van der Waals surface area contributed by atoms with Gasteiger partial charge in [-0.25, -0.2) is 18.4 Å². The Bertz CT molecular complexity index is 1460. The van der Waals surface area contributed by atoms with Crippen molar-refractivity contribution in [2.24, 2.45) is 0 Å². The number of benzene rings is 1. The first-order chi connectivity index (χ1) is 19.7. The molecule has 0 bridgehead atoms. The summed E-state index contributed by atoms with van der Waals surface area (Å²) >= 11 is 0. The predicted molar refractivity (Wildman–Crippen MR) is 133 cm³/mol. The lowest BCUT2D eigenvalue weighted by molar-refractivity contribution is -0.145. The van der Waals surface area contributed by atoms with Crippen LogP contribution in [0.15, 0.2) is 29.2 Å². The number of methoxy groups -OCH3 is 1. The Hall–Kier alpha value is -4.53. The van der Waals surface area contributed by atoms with Gasteiger partial charge in [0.15, 0.2) is 12.3 Å². The van der Waals surface area contributed by atoms with E-state index in [0.29, 0.717) is 12.6 Å². The van der Waals surface area contributed by atoms with E-state index in [9.17, 15) is 32.8 Å². The minimum Gasteiger partial charge on any atom is -0.466 e. The van der Waals surface area contributed by atoms with E-state index in [-0.39, 0.29) is 36.6 Å². The smallest absolute Gasteiger partial charge is 0.466 e. The third-order valence-corrected chi connectivity index (χ3v) is 7.25. The number of rotatable bonds is 8. The summed E-state index contributed by atoms with van der Waals surface area (Å²) in [6.45, 7) is -0.426. The molecular formula is C26H26F2N4O9. The van der Waals surface area contributed by atoms with Gasteiger partial charge in [-0.05, 0) is 18.9 Å². The lowest BCUT2D eigenvalue weighted by Crippen LogP contribution is -2.50. The molecule has 2 aromatic rings. The summed E-state index contributed by atoms with van der Waals surface area (Å²) in [4.78, 5) is 66.9. The number of amides is 2. The zero-order chi connectivity index (χ0) is 29.3. The number of aromatic nitrogens is 1. The zero-order valence-corrected chi connectivity index (χ0v) is 21.9. The van der Waals surface area contributed by atoms with Crippen LogP contribution in [0, 0.1) is 11.6 Å². The van der Waals surface area contributed by atoms with Gasteiger partial charge in [0.25, 0.3) is 11.8 Å². The molecule has 1 aromatic carbocycles. The molecule has 2 saturated heterocycles. The van der Waals surface area contributed by atoms with Crippen LogP contribution < -0.4 is 15.5 Å². The number of fused-ring (bicyclic) bond motifs is 4. The number of carbonyl (C=O) groups is 4. The van der Waals surface area contributed by atoms with Gasteiger partial charge in [-0.15, -0.1) is 0 Å². The molecule has 218 valence electrons. The van der Waals surface area contributed by atoms with Gasteiger partial charge in [0.1, 0.15) is 23.4 Å². The van der Waals surface area contributed by atoms with Crippen molar-refractivity contribution in [1.82, 2.24) is 19.7 Å². The quantitative estimate of drug-likeness (QED) is 0.357. The molecule has 2 fully saturated rings. The number of nitrogens with one attached hydrogen (secondary N) is 1. The van der Waals surface area contributed by atoms with Crippen LogP contribution in [0.3, 0.4) is 0 Å². The second-order valence-corrected chi connectivity index (χ2v) is 9.61. The van der Waals surface area contributed by atoms with Crippen LogP contribution in [-0.2, 0) is 32.1 Å². The first-order valence-electron chi connectivity index (χ1n) is 12.7. The number of hydrogen-bond donors (Lipinski definition) is 1. The molecule has 0 saturated carbocycles. The average molecular weight is 577 g/mol. The van der Waals surface area contributed by atoms with Crippen LogP contribution in [0.2, 0.25) is 0 Å². The van der Waals surface area contributed by atoms with E-state index in [1.807, 2.05) is 0 Å². The standard InChI is InChI=1S/C26H26F2N4O9/c1-38-20(33)12-39-26(37)41-13-40-23-21-25(36)32-9-16-3-2-6-31(16)19(32)11-30(21)10-17(22(23)34)24(35)29-8-14-4-5-15(27)7-18(14)28/h4-5,7,10,16,19H,2-3,6,8-9,11-13H2,1H3,(H,29,35). The van der Waals surface area contributed by atoms with Crippen LogP contribution in [0.1, 0.15) is 39.3 Å². The Kier molecular flexibility index (Phi) is 7.88. The van der Waals surface area contributed by atoms with Crippen molar-refractivity contribution in [2.45, 2.75) is 38.1 Å². The molecule has 0 radical (unpaired) electrons. The largest absolute Gasteiger partial charge is 0.511 e. The summed E-state index contributed by atoms with van der Waals surface area (Å²) < 4.78 is 47.8. The van der Waals surface area contributed by atoms with Crippen molar-refractivity contribution >= 4 is 23.9 Å². The van der Waals surface area contributed by atoms with Crippen molar-refractivity contribution in [3.05, 3.63) is 63.1 Å². The van der Waals surface area contributed by atoms with E-state index in [4.69, 9.17) is 9.47 Å². The number of nitrogens with zero attached hydrogens (tertiary/aromatic N) is 3. The Balaban J connectivity index is 1.40. The van der Waals surface area contributed by atoms with Crippen LogP contribution in [0.4, 0.5) is 13.6 Å². The number of ether oxygens (including phenoxy) is 4. The highest BCUT2D eigenvalue weighted by molar-refractivity contribution is 5.99. The van der Waals surface area contributed by atoms with Crippen molar-refractivity contribution in [1.29, 1.82) is 0 Å². The van der Waals surface area contributed by atoms with Gasteiger partial charge in [-0.2, -0.15) is 0 Å². The second-order valence-electron chi connectivity index (χ2n) is 9.61. The maximum absolute atomic E-state index is 14.1. The fourth-order valence-electron chi connectivity index (χ4n) is 5.30. The van der Waals surface area contributed by atoms with Crippen LogP contribution in [0.5, 0.6) is 5.75 Å². The molecule has 3 aliphatic heterocycles. The van der Waals surface area contributed by atoms with E-state index in [1.54, 1.807) is 4.90 Å². The van der Waals surface area contributed by atoms with E-state index in [1.165, 1.54) is 10.8 Å². The maximum Gasteiger partial charge on any atom is 0.511 e. The van der Waals surface area contributed by atoms with Gasteiger partial charge in [0.2, 0.25) is 18.0 Å². The van der Waals surface area contributed by atoms with Crippen molar-refractivity contribution in [3.63, 3.8) is 0 Å². The lowest BCUT2D eigenvalue weighted by Gasteiger charge is -2.36. The van der Waals surface area contributed by atoms with Gasteiger partial charge in [-0.3, -0.25) is 19.3 Å². The monoisotopic (exact) mass is 576 g/mol. The van der Waals surface area contributed by atoms with E-state index in [2.05, 4.69) is 19.7 Å². The van der Waals surface area contributed by atoms with Crippen molar-refractivity contribution < 1.29 is 46.9 Å². The molecule has 13 nitrogen and oxygen atoms in total. The highest BCUT2D eigenvalue weighted by Crippen LogP contribution is 2.35. The van der Waals surface area contributed by atoms with Gasteiger partial charge in [0, 0.05) is 43.5 Å². The van der Waals surface area contributed by atoms with E-state index >= 15 is 0 Å². The van der Waals surface area contributed by atoms with Crippen LogP contribution >= 0.6 is 0 Å². The van der Waals surface area contributed by atoms with Gasteiger partial charge >= 0.3 is 12.1 Å². The molecule has 1 N–H and O–H groups in total. The Morgan fingerprint density at radius 3 is 2.68 bits per heavy atom. The molecule has 1 aromatic heterocycles.